The van der Waals surface area contributed by atoms with Crippen LogP contribution in [0.25, 0.3) is 0 Å². The highest BCUT2D eigenvalue weighted by Gasteiger charge is 2.45. The van der Waals surface area contributed by atoms with Gasteiger partial charge in [-0.15, -0.1) is 0 Å². The molecule has 122 valence electrons. The zero-order chi connectivity index (χ0) is 16.2. The molecule has 0 N–H and O–H groups in total. The van der Waals surface area contributed by atoms with E-state index >= 15 is 0 Å². The number of aryl methyl sites for hydroxylation is 2. The third kappa shape index (κ3) is 2.54. The van der Waals surface area contributed by atoms with E-state index in [-0.39, 0.29) is 11.7 Å². The van der Waals surface area contributed by atoms with Crippen molar-refractivity contribution < 1.29 is 14.3 Å². The van der Waals surface area contributed by atoms with Gasteiger partial charge in [0.05, 0.1) is 12.0 Å². The summed E-state index contributed by atoms with van der Waals surface area (Å²) in [4.78, 5) is 26.8. The Bertz CT molecular complexity index is 682. The number of piperidine rings is 1. The number of fused-ring (bicyclic) bond motifs is 1. The quantitative estimate of drug-likeness (QED) is 0.800. The van der Waals surface area contributed by atoms with Crippen molar-refractivity contribution in [3.63, 3.8) is 0 Å². The average molecular weight is 313 g/mol. The van der Waals surface area contributed by atoms with Gasteiger partial charge in [-0.25, -0.2) is 0 Å². The van der Waals surface area contributed by atoms with Crippen molar-refractivity contribution in [3.05, 3.63) is 28.8 Å². The lowest BCUT2D eigenvalue weighted by Gasteiger charge is -2.44. The van der Waals surface area contributed by atoms with E-state index in [0.29, 0.717) is 25.4 Å². The molecule has 0 radical (unpaired) electrons. The second-order valence-electron chi connectivity index (χ2n) is 7.44. The van der Waals surface area contributed by atoms with Crippen molar-refractivity contribution >= 4 is 11.7 Å². The van der Waals surface area contributed by atoms with Gasteiger partial charge in [-0.3, -0.25) is 9.59 Å². The number of Topliss-reactive ketones (excluding diaryl/α,β-unsaturated/α-hetero) is 1. The maximum absolute atomic E-state index is 12.6. The molecule has 2 aliphatic heterocycles. The van der Waals surface area contributed by atoms with Crippen LogP contribution in [-0.4, -0.2) is 35.3 Å². The Kier molecular flexibility index (Phi) is 3.26. The number of hydrogen-bond acceptors (Lipinski definition) is 3. The van der Waals surface area contributed by atoms with Gasteiger partial charge in [0.15, 0.2) is 5.78 Å². The summed E-state index contributed by atoms with van der Waals surface area (Å²) in [5.74, 6) is 1.51. The molecule has 4 rings (SSSR count). The van der Waals surface area contributed by atoms with E-state index in [2.05, 4.69) is 6.07 Å². The predicted molar refractivity (Wildman–Crippen MR) is 86.8 cm³/mol. The molecule has 0 bridgehead atoms. The van der Waals surface area contributed by atoms with Gasteiger partial charge in [-0.05, 0) is 43.9 Å². The molecule has 1 saturated carbocycles. The standard InChI is InChI=1S/C19H23NO3/c1-12-9-13(2)17-15(10-12)16(21)11-19(23-17)5-7-20(8-6-19)18(22)14-3-4-14/h9-10,14H,3-8,11H2,1-2H3. The molecule has 4 nitrogen and oxygen atoms in total. The highest BCUT2D eigenvalue weighted by atomic mass is 16.5. The summed E-state index contributed by atoms with van der Waals surface area (Å²) >= 11 is 0. The summed E-state index contributed by atoms with van der Waals surface area (Å²) in [5, 5.41) is 0. The fraction of sp³-hybridized carbons (Fsp3) is 0.579. The van der Waals surface area contributed by atoms with Crippen LogP contribution in [0.15, 0.2) is 12.1 Å². The molecule has 1 aliphatic carbocycles. The summed E-state index contributed by atoms with van der Waals surface area (Å²) < 4.78 is 6.36. The van der Waals surface area contributed by atoms with Crippen molar-refractivity contribution in [1.29, 1.82) is 0 Å². The van der Waals surface area contributed by atoms with Crippen LogP contribution in [0.2, 0.25) is 0 Å². The van der Waals surface area contributed by atoms with Crippen LogP contribution in [0.5, 0.6) is 5.75 Å². The number of ketones is 1. The van der Waals surface area contributed by atoms with Gasteiger partial charge >= 0.3 is 0 Å². The predicted octanol–water partition coefficient (Wildman–Crippen LogP) is 3.04. The Morgan fingerprint density at radius 1 is 1.22 bits per heavy atom. The van der Waals surface area contributed by atoms with Crippen molar-refractivity contribution in [2.75, 3.05) is 13.1 Å². The van der Waals surface area contributed by atoms with E-state index < -0.39 is 5.60 Å². The molecule has 1 aromatic carbocycles. The van der Waals surface area contributed by atoms with E-state index in [1.807, 2.05) is 24.8 Å². The number of carbonyl (C=O) groups excluding carboxylic acids is 2. The summed E-state index contributed by atoms with van der Waals surface area (Å²) in [6, 6.07) is 4.00. The van der Waals surface area contributed by atoms with Gasteiger partial charge in [0.25, 0.3) is 0 Å². The molecule has 0 unspecified atom stereocenters. The van der Waals surface area contributed by atoms with Gasteiger partial charge in [-0.1, -0.05) is 6.07 Å². The Balaban J connectivity index is 1.55. The topological polar surface area (TPSA) is 46.6 Å². The van der Waals surface area contributed by atoms with Gasteiger partial charge in [0.2, 0.25) is 5.91 Å². The van der Waals surface area contributed by atoms with Crippen LogP contribution in [0.1, 0.15) is 53.6 Å². The normalized spacial score (nSPS) is 22.7. The minimum atomic E-state index is -0.412. The van der Waals surface area contributed by atoms with Crippen molar-refractivity contribution in [3.8, 4) is 5.75 Å². The van der Waals surface area contributed by atoms with Crippen LogP contribution in [0, 0.1) is 19.8 Å². The molecule has 4 heteroatoms. The summed E-state index contributed by atoms with van der Waals surface area (Å²) in [6.45, 7) is 5.43. The van der Waals surface area contributed by atoms with Gasteiger partial charge in [0, 0.05) is 31.8 Å². The van der Waals surface area contributed by atoms with Crippen LogP contribution in [-0.2, 0) is 4.79 Å². The minimum absolute atomic E-state index is 0.181. The zero-order valence-corrected chi connectivity index (χ0v) is 13.9. The summed E-state index contributed by atoms with van der Waals surface area (Å²) in [7, 11) is 0. The monoisotopic (exact) mass is 313 g/mol. The lowest BCUT2D eigenvalue weighted by Crippen LogP contribution is -2.52. The fourth-order valence-corrected chi connectivity index (χ4v) is 3.94. The number of ether oxygens (including phenoxy) is 1. The average Bonchev–Trinajstić information content (AvgIpc) is 3.34. The first-order valence-corrected chi connectivity index (χ1v) is 8.60. The Morgan fingerprint density at radius 3 is 2.57 bits per heavy atom. The van der Waals surface area contributed by atoms with Crippen molar-refractivity contribution in [1.82, 2.24) is 4.90 Å². The molecule has 2 heterocycles. The first-order chi connectivity index (χ1) is 11.0. The van der Waals surface area contributed by atoms with E-state index in [1.165, 1.54) is 0 Å². The SMILES string of the molecule is Cc1cc(C)c2c(c1)C(=O)CC1(CCN(C(=O)C3CC3)CC1)O2. The molecular weight excluding hydrogens is 290 g/mol. The van der Waals surface area contributed by atoms with Crippen molar-refractivity contribution in [2.24, 2.45) is 5.92 Å². The Labute approximate surface area is 136 Å². The summed E-state index contributed by atoms with van der Waals surface area (Å²) in [6.07, 6.45) is 4.03. The third-order valence-corrected chi connectivity index (χ3v) is 5.43. The molecule has 1 saturated heterocycles. The van der Waals surface area contributed by atoms with E-state index in [1.54, 1.807) is 0 Å². The van der Waals surface area contributed by atoms with E-state index in [0.717, 1.165) is 48.1 Å². The highest BCUT2D eigenvalue weighted by molar-refractivity contribution is 6.01. The number of benzene rings is 1. The lowest BCUT2D eigenvalue weighted by atomic mass is 9.81. The molecule has 1 amide bonds. The van der Waals surface area contributed by atoms with Crippen LogP contribution in [0.3, 0.4) is 0 Å². The van der Waals surface area contributed by atoms with E-state index in [9.17, 15) is 9.59 Å². The van der Waals surface area contributed by atoms with Crippen molar-refractivity contribution in [2.45, 2.75) is 51.6 Å². The van der Waals surface area contributed by atoms with Gasteiger partial charge in [0.1, 0.15) is 11.4 Å². The van der Waals surface area contributed by atoms with Crippen LogP contribution >= 0.6 is 0 Å². The number of carbonyl (C=O) groups is 2. The third-order valence-electron chi connectivity index (χ3n) is 5.43. The molecule has 0 aromatic heterocycles. The molecule has 1 spiro atoms. The van der Waals surface area contributed by atoms with Gasteiger partial charge < -0.3 is 9.64 Å². The fourth-order valence-electron chi connectivity index (χ4n) is 3.94. The smallest absolute Gasteiger partial charge is 0.225 e. The maximum Gasteiger partial charge on any atom is 0.225 e. The highest BCUT2D eigenvalue weighted by Crippen LogP contribution is 2.42. The largest absolute Gasteiger partial charge is 0.486 e. The first kappa shape index (κ1) is 14.7. The maximum atomic E-state index is 12.6. The summed E-state index contributed by atoms with van der Waals surface area (Å²) in [5.41, 5.74) is 2.44. The number of hydrogen-bond donors (Lipinski definition) is 0. The number of rotatable bonds is 1. The van der Waals surface area contributed by atoms with E-state index in [4.69, 9.17) is 4.74 Å². The molecule has 2 fully saturated rings. The Hall–Kier alpha value is -1.84. The lowest BCUT2D eigenvalue weighted by molar-refractivity contribution is -0.136. The molecule has 1 aromatic rings. The zero-order valence-electron chi connectivity index (χ0n) is 13.9. The minimum Gasteiger partial charge on any atom is -0.486 e. The van der Waals surface area contributed by atoms with Gasteiger partial charge in [-0.2, -0.15) is 0 Å². The number of amides is 1. The molecule has 3 aliphatic rings. The number of likely N-dealkylation sites (tertiary alicyclic amines) is 1. The molecule has 23 heavy (non-hydrogen) atoms. The second kappa shape index (κ2) is 5.08. The second-order valence-corrected chi connectivity index (χ2v) is 7.44. The Morgan fingerprint density at radius 2 is 1.91 bits per heavy atom. The number of nitrogens with zero attached hydrogens (tertiary/aromatic N) is 1. The molecule has 0 atom stereocenters. The van der Waals surface area contributed by atoms with Crippen LogP contribution in [0.4, 0.5) is 0 Å². The van der Waals surface area contributed by atoms with Crippen LogP contribution < -0.4 is 4.74 Å². The first-order valence-electron chi connectivity index (χ1n) is 8.60. The molecular formula is C19H23NO3.